The second kappa shape index (κ2) is 3.52. The van der Waals surface area contributed by atoms with Gasteiger partial charge in [-0.2, -0.15) is 0 Å². The molecule has 5 nitrogen and oxygen atoms in total. The van der Waals surface area contributed by atoms with E-state index < -0.39 is 5.97 Å². The van der Waals surface area contributed by atoms with Crippen LogP contribution in [-0.2, 0) is 0 Å². The number of para-hydroxylation sites is 1. The number of carboxylic acids is 1. The van der Waals surface area contributed by atoms with Crippen LogP contribution in [0.1, 0.15) is 16.2 Å². The van der Waals surface area contributed by atoms with Crippen molar-refractivity contribution in [1.82, 2.24) is 9.66 Å². The molecular weight excluding hydrogens is 206 g/mol. The van der Waals surface area contributed by atoms with E-state index in [1.54, 1.807) is 12.1 Å². The molecule has 0 bridgehead atoms. The molecule has 0 amide bonds. The lowest BCUT2D eigenvalue weighted by atomic mass is 10.2. The summed E-state index contributed by atoms with van der Waals surface area (Å²) in [6.07, 6.45) is 0. The van der Waals surface area contributed by atoms with E-state index in [4.69, 9.17) is 5.11 Å². The number of benzene rings is 1. The van der Waals surface area contributed by atoms with Crippen molar-refractivity contribution in [2.45, 2.75) is 6.92 Å². The Bertz CT molecular complexity index is 558. The minimum Gasteiger partial charge on any atom is -0.478 e. The molecule has 84 valence electrons. The number of aryl methyl sites for hydroxylation is 1. The number of fused-ring (bicyclic) bond motifs is 1. The minimum absolute atomic E-state index is 0.237. The Hall–Kier alpha value is -2.04. The van der Waals surface area contributed by atoms with Crippen LogP contribution in [0.15, 0.2) is 18.2 Å². The normalized spacial score (nSPS) is 10.7. The van der Waals surface area contributed by atoms with Crippen molar-refractivity contribution in [3.8, 4) is 0 Å². The molecule has 2 aromatic rings. The molecule has 0 unspecified atom stereocenters. The summed E-state index contributed by atoms with van der Waals surface area (Å²) in [5, 5.41) is 10.9. The lowest BCUT2D eigenvalue weighted by Crippen LogP contribution is -2.25. The number of aromatic nitrogens is 2. The van der Waals surface area contributed by atoms with E-state index in [1.165, 1.54) is 0 Å². The maximum absolute atomic E-state index is 11.0. The number of hydrogen-bond donors (Lipinski definition) is 1. The zero-order chi connectivity index (χ0) is 11.9. The first-order valence-corrected chi connectivity index (χ1v) is 4.91. The van der Waals surface area contributed by atoms with Gasteiger partial charge in [0.1, 0.15) is 11.3 Å². The lowest BCUT2D eigenvalue weighted by molar-refractivity contribution is 0.0699. The smallest absolute Gasteiger partial charge is 0.337 e. The van der Waals surface area contributed by atoms with E-state index >= 15 is 0 Å². The van der Waals surface area contributed by atoms with Crippen LogP contribution in [0.2, 0.25) is 0 Å². The van der Waals surface area contributed by atoms with E-state index in [2.05, 4.69) is 4.98 Å². The van der Waals surface area contributed by atoms with Gasteiger partial charge in [0.15, 0.2) is 0 Å². The van der Waals surface area contributed by atoms with Crippen molar-refractivity contribution < 1.29 is 9.90 Å². The third-order valence-electron chi connectivity index (χ3n) is 2.45. The van der Waals surface area contributed by atoms with Gasteiger partial charge in [-0.3, -0.25) is 0 Å². The van der Waals surface area contributed by atoms with E-state index in [1.807, 2.05) is 36.8 Å². The largest absolute Gasteiger partial charge is 0.478 e. The Kier molecular flexibility index (Phi) is 2.30. The monoisotopic (exact) mass is 219 g/mol. The Morgan fingerprint density at radius 1 is 1.44 bits per heavy atom. The number of nitrogens with zero attached hydrogens (tertiary/aromatic N) is 3. The van der Waals surface area contributed by atoms with Gasteiger partial charge < -0.3 is 10.1 Å². The average Bonchev–Trinajstić information content (AvgIpc) is 2.52. The maximum atomic E-state index is 11.0. The van der Waals surface area contributed by atoms with Crippen molar-refractivity contribution >= 4 is 17.0 Å². The molecule has 0 fully saturated rings. The Morgan fingerprint density at radius 3 is 2.69 bits per heavy atom. The van der Waals surface area contributed by atoms with E-state index in [0.717, 1.165) is 11.3 Å². The lowest BCUT2D eigenvalue weighted by Gasteiger charge is -2.16. The standard InChI is InChI=1S/C11H13N3O2/c1-7-12-10-8(11(15)16)5-4-6-9(10)14(7)13(2)3/h4-6H,1-3H3,(H,15,16). The van der Waals surface area contributed by atoms with Crippen molar-refractivity contribution in [3.63, 3.8) is 0 Å². The van der Waals surface area contributed by atoms with Crippen molar-refractivity contribution in [3.05, 3.63) is 29.6 Å². The highest BCUT2D eigenvalue weighted by atomic mass is 16.4. The first-order valence-electron chi connectivity index (χ1n) is 4.91. The summed E-state index contributed by atoms with van der Waals surface area (Å²) in [7, 11) is 3.78. The van der Waals surface area contributed by atoms with Crippen LogP contribution < -0.4 is 5.01 Å². The topological polar surface area (TPSA) is 58.4 Å². The van der Waals surface area contributed by atoms with Gasteiger partial charge >= 0.3 is 5.97 Å². The molecule has 0 saturated carbocycles. The highest BCUT2D eigenvalue weighted by Crippen LogP contribution is 2.19. The van der Waals surface area contributed by atoms with Crippen LogP contribution in [0.5, 0.6) is 0 Å². The second-order valence-electron chi connectivity index (χ2n) is 3.80. The molecule has 16 heavy (non-hydrogen) atoms. The molecule has 0 atom stereocenters. The summed E-state index contributed by atoms with van der Waals surface area (Å²) in [4.78, 5) is 15.3. The third kappa shape index (κ3) is 1.41. The van der Waals surface area contributed by atoms with Crippen LogP contribution in [0.3, 0.4) is 0 Å². The Balaban J connectivity index is 2.83. The maximum Gasteiger partial charge on any atom is 0.337 e. The number of aromatic carboxylic acids is 1. The van der Waals surface area contributed by atoms with E-state index in [-0.39, 0.29) is 5.56 Å². The summed E-state index contributed by atoms with van der Waals surface area (Å²) in [6, 6.07) is 5.16. The quantitative estimate of drug-likeness (QED) is 0.825. The molecule has 0 aliphatic rings. The molecular formula is C11H13N3O2. The van der Waals surface area contributed by atoms with Crippen molar-refractivity contribution in [1.29, 1.82) is 0 Å². The molecule has 0 radical (unpaired) electrons. The fourth-order valence-corrected chi connectivity index (χ4v) is 1.88. The second-order valence-corrected chi connectivity index (χ2v) is 3.80. The Labute approximate surface area is 92.9 Å². The number of rotatable bonds is 2. The molecule has 5 heteroatoms. The van der Waals surface area contributed by atoms with Crippen LogP contribution in [0.4, 0.5) is 0 Å². The molecule has 1 heterocycles. The summed E-state index contributed by atoms with van der Waals surface area (Å²) in [5.41, 5.74) is 1.57. The van der Waals surface area contributed by atoms with Crippen LogP contribution in [-0.4, -0.2) is 34.8 Å². The van der Waals surface area contributed by atoms with Crippen molar-refractivity contribution in [2.75, 3.05) is 19.1 Å². The molecule has 0 aliphatic carbocycles. The van der Waals surface area contributed by atoms with Crippen LogP contribution in [0, 0.1) is 6.92 Å². The van der Waals surface area contributed by atoms with Gasteiger partial charge in [0.2, 0.25) is 0 Å². The van der Waals surface area contributed by atoms with Gasteiger partial charge in [0, 0.05) is 14.1 Å². The summed E-state index contributed by atoms with van der Waals surface area (Å²) in [5.74, 6) is -0.178. The molecule has 1 N–H and O–H groups in total. The molecule has 0 spiro atoms. The Morgan fingerprint density at radius 2 is 2.12 bits per heavy atom. The molecule has 2 rings (SSSR count). The SMILES string of the molecule is Cc1nc2c(C(=O)O)cccc2n1N(C)C. The first-order chi connectivity index (χ1) is 7.52. The number of imidazole rings is 1. The van der Waals surface area contributed by atoms with Gasteiger partial charge in [0.25, 0.3) is 0 Å². The fraction of sp³-hybridized carbons (Fsp3) is 0.273. The molecule has 1 aromatic heterocycles. The minimum atomic E-state index is -0.950. The predicted molar refractivity (Wildman–Crippen MR) is 61.5 cm³/mol. The van der Waals surface area contributed by atoms with Gasteiger partial charge in [0.05, 0.1) is 11.1 Å². The number of hydrogen-bond acceptors (Lipinski definition) is 3. The zero-order valence-electron chi connectivity index (χ0n) is 9.43. The fourth-order valence-electron chi connectivity index (χ4n) is 1.88. The number of carbonyl (C=O) groups is 1. The van der Waals surface area contributed by atoms with Gasteiger partial charge in [-0.1, -0.05) is 6.07 Å². The summed E-state index contributed by atoms with van der Waals surface area (Å²) < 4.78 is 1.88. The molecule has 0 saturated heterocycles. The van der Waals surface area contributed by atoms with Crippen LogP contribution >= 0.6 is 0 Å². The average molecular weight is 219 g/mol. The summed E-state index contributed by atoms with van der Waals surface area (Å²) in [6.45, 7) is 1.85. The predicted octanol–water partition coefficient (Wildman–Crippen LogP) is 1.24. The van der Waals surface area contributed by atoms with Crippen molar-refractivity contribution in [2.24, 2.45) is 0 Å². The van der Waals surface area contributed by atoms with Gasteiger partial charge in [-0.05, 0) is 19.1 Å². The first kappa shape index (κ1) is 10.5. The van der Waals surface area contributed by atoms with E-state index in [9.17, 15) is 4.79 Å². The van der Waals surface area contributed by atoms with Crippen LogP contribution in [0.25, 0.3) is 11.0 Å². The van der Waals surface area contributed by atoms with Gasteiger partial charge in [-0.25, -0.2) is 14.5 Å². The zero-order valence-corrected chi connectivity index (χ0v) is 9.43. The molecule has 0 aliphatic heterocycles. The van der Waals surface area contributed by atoms with E-state index in [0.29, 0.717) is 5.52 Å². The number of carboxylic acid groups (broad SMARTS) is 1. The molecule has 1 aromatic carbocycles. The highest BCUT2D eigenvalue weighted by molar-refractivity contribution is 6.01. The highest BCUT2D eigenvalue weighted by Gasteiger charge is 2.15. The third-order valence-corrected chi connectivity index (χ3v) is 2.45. The van der Waals surface area contributed by atoms with Gasteiger partial charge in [-0.15, -0.1) is 0 Å². The summed E-state index contributed by atoms with van der Waals surface area (Å²) >= 11 is 0.